The SMILES string of the molecule is COC1CCN(Cc2cc(C)c(C(=O)O)o2)C1. The van der Waals surface area contributed by atoms with Crippen molar-refractivity contribution in [1.82, 2.24) is 4.90 Å². The van der Waals surface area contributed by atoms with Crippen molar-refractivity contribution in [2.24, 2.45) is 0 Å². The molecule has 1 fully saturated rings. The molecule has 1 aliphatic heterocycles. The molecule has 0 saturated carbocycles. The van der Waals surface area contributed by atoms with Crippen molar-refractivity contribution in [3.63, 3.8) is 0 Å². The van der Waals surface area contributed by atoms with Crippen molar-refractivity contribution < 1.29 is 19.1 Å². The number of ether oxygens (including phenoxy) is 1. The van der Waals surface area contributed by atoms with Gasteiger partial charge >= 0.3 is 5.97 Å². The van der Waals surface area contributed by atoms with E-state index in [-0.39, 0.29) is 11.9 Å². The van der Waals surface area contributed by atoms with Crippen molar-refractivity contribution in [3.05, 3.63) is 23.2 Å². The first-order valence-corrected chi connectivity index (χ1v) is 5.68. The van der Waals surface area contributed by atoms with Gasteiger partial charge in [0.1, 0.15) is 5.76 Å². The molecule has 17 heavy (non-hydrogen) atoms. The molecule has 1 aromatic rings. The lowest BCUT2D eigenvalue weighted by Crippen LogP contribution is -2.22. The molecule has 1 aromatic heterocycles. The highest BCUT2D eigenvalue weighted by Gasteiger charge is 2.23. The van der Waals surface area contributed by atoms with E-state index in [4.69, 9.17) is 14.3 Å². The second kappa shape index (κ2) is 4.89. The maximum atomic E-state index is 10.8. The Hall–Kier alpha value is -1.33. The summed E-state index contributed by atoms with van der Waals surface area (Å²) in [4.78, 5) is 13.0. The molecule has 2 heterocycles. The predicted molar refractivity (Wildman–Crippen MR) is 61.1 cm³/mol. The van der Waals surface area contributed by atoms with Gasteiger partial charge in [-0.2, -0.15) is 0 Å². The third-order valence-electron chi connectivity index (χ3n) is 3.10. The number of aromatic carboxylic acids is 1. The number of carboxylic acid groups (broad SMARTS) is 1. The average Bonchev–Trinajstić information content (AvgIpc) is 2.85. The zero-order valence-corrected chi connectivity index (χ0v) is 10.1. The summed E-state index contributed by atoms with van der Waals surface area (Å²) in [7, 11) is 1.72. The molecule has 5 heteroatoms. The summed E-state index contributed by atoms with van der Waals surface area (Å²) in [6, 6.07) is 1.80. The number of hydrogen-bond donors (Lipinski definition) is 1. The minimum atomic E-state index is -1.01. The molecular weight excluding hydrogens is 222 g/mol. The van der Waals surface area contributed by atoms with Crippen LogP contribution in [0.4, 0.5) is 0 Å². The highest BCUT2D eigenvalue weighted by Crippen LogP contribution is 2.19. The van der Waals surface area contributed by atoms with E-state index in [9.17, 15) is 4.79 Å². The topological polar surface area (TPSA) is 62.9 Å². The molecule has 0 aliphatic carbocycles. The summed E-state index contributed by atoms with van der Waals surface area (Å²) >= 11 is 0. The summed E-state index contributed by atoms with van der Waals surface area (Å²) in [6.45, 7) is 4.23. The molecule has 0 bridgehead atoms. The van der Waals surface area contributed by atoms with Crippen LogP contribution < -0.4 is 0 Å². The van der Waals surface area contributed by atoms with Crippen LogP contribution in [-0.2, 0) is 11.3 Å². The number of aryl methyl sites for hydroxylation is 1. The Kier molecular flexibility index (Phi) is 3.49. The Morgan fingerprint density at radius 3 is 3.00 bits per heavy atom. The number of carbonyl (C=O) groups is 1. The molecule has 0 aromatic carbocycles. The summed E-state index contributed by atoms with van der Waals surface area (Å²) in [6.07, 6.45) is 1.30. The number of rotatable bonds is 4. The lowest BCUT2D eigenvalue weighted by Gasteiger charge is -2.13. The fraction of sp³-hybridized carbons (Fsp3) is 0.583. The Balaban J connectivity index is 2.00. The lowest BCUT2D eigenvalue weighted by molar-refractivity contribution is 0.0656. The monoisotopic (exact) mass is 239 g/mol. The van der Waals surface area contributed by atoms with Crippen LogP contribution in [0.1, 0.15) is 28.3 Å². The van der Waals surface area contributed by atoms with E-state index >= 15 is 0 Å². The quantitative estimate of drug-likeness (QED) is 0.862. The summed E-state index contributed by atoms with van der Waals surface area (Å²) in [5, 5.41) is 8.89. The van der Waals surface area contributed by atoms with Crippen LogP contribution in [0.3, 0.4) is 0 Å². The van der Waals surface area contributed by atoms with Gasteiger partial charge in [-0.15, -0.1) is 0 Å². The number of nitrogens with zero attached hydrogens (tertiary/aromatic N) is 1. The van der Waals surface area contributed by atoms with Crippen LogP contribution in [0.5, 0.6) is 0 Å². The van der Waals surface area contributed by atoms with E-state index in [1.165, 1.54) is 0 Å². The largest absolute Gasteiger partial charge is 0.475 e. The average molecular weight is 239 g/mol. The minimum absolute atomic E-state index is 0.0440. The number of carboxylic acids is 1. The fourth-order valence-corrected chi connectivity index (χ4v) is 2.19. The second-order valence-corrected chi connectivity index (χ2v) is 4.41. The Bertz CT molecular complexity index is 413. The normalized spacial score (nSPS) is 20.9. The van der Waals surface area contributed by atoms with Gasteiger partial charge in [-0.3, -0.25) is 4.90 Å². The Morgan fingerprint density at radius 2 is 2.47 bits per heavy atom. The van der Waals surface area contributed by atoms with E-state index < -0.39 is 5.97 Å². The van der Waals surface area contributed by atoms with Crippen molar-refractivity contribution >= 4 is 5.97 Å². The number of methoxy groups -OCH3 is 1. The molecule has 1 N–H and O–H groups in total. The van der Waals surface area contributed by atoms with Gasteiger partial charge in [0, 0.05) is 25.8 Å². The minimum Gasteiger partial charge on any atom is -0.475 e. The van der Waals surface area contributed by atoms with Crippen LogP contribution in [0.15, 0.2) is 10.5 Å². The highest BCUT2D eigenvalue weighted by molar-refractivity contribution is 5.86. The molecule has 1 aliphatic rings. The molecule has 94 valence electrons. The number of hydrogen-bond acceptors (Lipinski definition) is 4. The lowest BCUT2D eigenvalue weighted by atomic mass is 10.2. The molecule has 2 rings (SSSR count). The molecule has 5 nitrogen and oxygen atoms in total. The van der Waals surface area contributed by atoms with Gasteiger partial charge in [-0.1, -0.05) is 0 Å². The standard InChI is InChI=1S/C12H17NO4/c1-8-5-10(17-11(8)12(14)15)7-13-4-3-9(6-13)16-2/h5,9H,3-4,6-7H2,1-2H3,(H,14,15). The molecule has 1 unspecified atom stereocenters. The summed E-state index contributed by atoms with van der Waals surface area (Å²) in [5.74, 6) is -0.260. The van der Waals surface area contributed by atoms with Crippen LogP contribution in [-0.4, -0.2) is 42.3 Å². The van der Waals surface area contributed by atoms with Gasteiger partial charge in [0.15, 0.2) is 0 Å². The number of furan rings is 1. The first-order chi connectivity index (χ1) is 8.10. The first-order valence-electron chi connectivity index (χ1n) is 5.68. The Labute approximate surface area is 100.0 Å². The zero-order chi connectivity index (χ0) is 12.4. The molecule has 0 amide bonds. The molecule has 0 spiro atoms. The second-order valence-electron chi connectivity index (χ2n) is 4.41. The molecule has 0 radical (unpaired) electrons. The smallest absolute Gasteiger partial charge is 0.372 e. The fourth-order valence-electron chi connectivity index (χ4n) is 2.19. The third-order valence-corrected chi connectivity index (χ3v) is 3.10. The Morgan fingerprint density at radius 1 is 1.71 bits per heavy atom. The van der Waals surface area contributed by atoms with E-state index in [1.54, 1.807) is 20.1 Å². The van der Waals surface area contributed by atoms with Crippen molar-refractivity contribution in [1.29, 1.82) is 0 Å². The highest BCUT2D eigenvalue weighted by atomic mass is 16.5. The third kappa shape index (κ3) is 2.68. The van der Waals surface area contributed by atoms with E-state index in [0.29, 0.717) is 17.9 Å². The van der Waals surface area contributed by atoms with Gasteiger partial charge in [-0.05, 0) is 19.4 Å². The first kappa shape index (κ1) is 12.1. The maximum absolute atomic E-state index is 10.8. The van der Waals surface area contributed by atoms with E-state index in [0.717, 1.165) is 19.5 Å². The molecule has 1 saturated heterocycles. The van der Waals surface area contributed by atoms with Gasteiger partial charge in [-0.25, -0.2) is 4.79 Å². The van der Waals surface area contributed by atoms with Gasteiger partial charge in [0.2, 0.25) is 5.76 Å². The zero-order valence-electron chi connectivity index (χ0n) is 10.1. The van der Waals surface area contributed by atoms with Crippen LogP contribution in [0, 0.1) is 6.92 Å². The van der Waals surface area contributed by atoms with Crippen LogP contribution in [0.25, 0.3) is 0 Å². The molecular formula is C12H17NO4. The summed E-state index contributed by atoms with van der Waals surface area (Å²) < 4.78 is 10.6. The van der Waals surface area contributed by atoms with Gasteiger partial charge in [0.25, 0.3) is 0 Å². The van der Waals surface area contributed by atoms with Crippen LogP contribution >= 0.6 is 0 Å². The molecule has 1 atom stereocenters. The van der Waals surface area contributed by atoms with Gasteiger partial charge < -0.3 is 14.3 Å². The van der Waals surface area contributed by atoms with E-state index in [1.807, 2.05) is 0 Å². The van der Waals surface area contributed by atoms with E-state index in [2.05, 4.69) is 4.90 Å². The predicted octanol–water partition coefficient (Wildman–Crippen LogP) is 1.51. The summed E-state index contributed by atoms with van der Waals surface area (Å²) in [5.41, 5.74) is 0.676. The van der Waals surface area contributed by atoms with Crippen LogP contribution in [0.2, 0.25) is 0 Å². The van der Waals surface area contributed by atoms with Gasteiger partial charge in [0.05, 0.1) is 12.6 Å². The van der Waals surface area contributed by atoms with Crippen molar-refractivity contribution in [2.45, 2.75) is 26.0 Å². The maximum Gasteiger partial charge on any atom is 0.372 e. The van der Waals surface area contributed by atoms with Crippen molar-refractivity contribution in [3.8, 4) is 0 Å². The van der Waals surface area contributed by atoms with Crippen molar-refractivity contribution in [2.75, 3.05) is 20.2 Å². The number of likely N-dealkylation sites (tertiary alicyclic amines) is 1.